The molecule has 3 heterocycles. The minimum atomic E-state index is -0.306. The normalized spacial score (nSPS) is 15.5. The predicted molar refractivity (Wildman–Crippen MR) is 128 cm³/mol. The molecule has 0 radical (unpaired) electrons. The Morgan fingerprint density at radius 2 is 1.62 bits per heavy atom. The molecule has 1 aliphatic heterocycles. The molecule has 1 aliphatic rings. The molecule has 2 aromatic carbocycles. The van der Waals surface area contributed by atoms with Gasteiger partial charge in [0.05, 0.1) is 12.1 Å². The van der Waals surface area contributed by atoms with Gasteiger partial charge in [-0.05, 0) is 49.5 Å². The van der Waals surface area contributed by atoms with E-state index in [1.807, 2.05) is 36.4 Å². The van der Waals surface area contributed by atoms with E-state index in [1.165, 1.54) is 31.2 Å². The Balaban J connectivity index is 1.66. The molecule has 5 rings (SSSR count). The third-order valence-electron chi connectivity index (χ3n) is 6.36. The summed E-state index contributed by atoms with van der Waals surface area (Å²) in [6.07, 6.45) is 4.98. The first-order chi connectivity index (χ1) is 15.6. The number of likely N-dealkylation sites (tertiary alicyclic amines) is 1. The van der Waals surface area contributed by atoms with Crippen LogP contribution in [-0.2, 0) is 6.54 Å². The van der Waals surface area contributed by atoms with Gasteiger partial charge < -0.3 is 0 Å². The van der Waals surface area contributed by atoms with Crippen molar-refractivity contribution < 1.29 is 0 Å². The van der Waals surface area contributed by atoms with Crippen LogP contribution in [0, 0.1) is 0 Å². The number of fused-ring (bicyclic) bond motifs is 3. The lowest BCUT2D eigenvalue weighted by molar-refractivity contribution is 0.268. The number of rotatable bonds is 4. The summed E-state index contributed by atoms with van der Waals surface area (Å²) in [7, 11) is 0. The molecule has 0 saturated carbocycles. The van der Waals surface area contributed by atoms with Crippen LogP contribution < -0.4 is 5.56 Å². The third-order valence-corrected chi connectivity index (χ3v) is 6.36. The largest absolute Gasteiger partial charge is 0.300 e. The fraction of sp³-hybridized carbons (Fsp3) is 0.385. The lowest BCUT2D eigenvalue weighted by Crippen LogP contribution is -2.27. The number of para-hydroxylation sites is 1. The van der Waals surface area contributed by atoms with Gasteiger partial charge in [0.25, 0.3) is 5.56 Å². The maximum atomic E-state index is 13.0. The van der Waals surface area contributed by atoms with E-state index in [4.69, 9.17) is 10.1 Å². The van der Waals surface area contributed by atoms with Crippen molar-refractivity contribution >= 4 is 16.6 Å². The Kier molecular flexibility index (Phi) is 5.70. The van der Waals surface area contributed by atoms with Crippen LogP contribution in [0.1, 0.15) is 56.8 Å². The smallest absolute Gasteiger partial charge is 0.296 e. The summed E-state index contributed by atoms with van der Waals surface area (Å²) in [5.74, 6) is 1.26. The highest BCUT2D eigenvalue weighted by Gasteiger charge is 2.18. The lowest BCUT2D eigenvalue weighted by Gasteiger charge is -2.20. The van der Waals surface area contributed by atoms with Crippen LogP contribution >= 0.6 is 0 Å². The van der Waals surface area contributed by atoms with E-state index in [9.17, 15) is 4.79 Å². The van der Waals surface area contributed by atoms with Crippen LogP contribution in [0.15, 0.2) is 53.3 Å². The summed E-state index contributed by atoms with van der Waals surface area (Å²) in [6.45, 7) is 7.14. The Morgan fingerprint density at radius 3 is 2.34 bits per heavy atom. The first-order valence-corrected chi connectivity index (χ1v) is 11.6. The van der Waals surface area contributed by atoms with Crippen molar-refractivity contribution in [2.24, 2.45) is 0 Å². The standard InChI is InChI=1S/C26H29N5O/c1-18(2)19-11-13-20(14-12-19)24-26(32)28-25-21-9-5-6-10-22(21)27-23(31(25)29-24)17-30-15-7-3-4-8-16-30/h5-6,9-14,18H,3-4,7-8,15-17H2,1-2H3. The number of hydrogen-bond acceptors (Lipinski definition) is 5. The van der Waals surface area contributed by atoms with Gasteiger partial charge in [0.2, 0.25) is 0 Å². The molecule has 0 spiro atoms. The molecule has 2 aromatic heterocycles. The van der Waals surface area contributed by atoms with E-state index >= 15 is 0 Å². The lowest BCUT2D eigenvalue weighted by atomic mass is 10.0. The summed E-state index contributed by atoms with van der Waals surface area (Å²) < 4.78 is 1.79. The van der Waals surface area contributed by atoms with E-state index in [0.29, 0.717) is 23.8 Å². The van der Waals surface area contributed by atoms with E-state index in [2.05, 4.69) is 35.9 Å². The van der Waals surface area contributed by atoms with Gasteiger partial charge >= 0.3 is 0 Å². The van der Waals surface area contributed by atoms with Gasteiger partial charge in [0.15, 0.2) is 11.3 Å². The van der Waals surface area contributed by atoms with Crippen molar-refractivity contribution in [3.8, 4) is 11.3 Å². The summed E-state index contributed by atoms with van der Waals surface area (Å²) >= 11 is 0. The van der Waals surface area contributed by atoms with E-state index < -0.39 is 0 Å². The van der Waals surface area contributed by atoms with Gasteiger partial charge in [-0.3, -0.25) is 9.69 Å². The monoisotopic (exact) mass is 427 g/mol. The Bertz CT molecular complexity index is 1300. The second kappa shape index (κ2) is 8.79. The molecular formula is C26H29N5O. The number of nitrogens with zero attached hydrogens (tertiary/aromatic N) is 5. The van der Waals surface area contributed by atoms with Crippen molar-refractivity contribution in [1.29, 1.82) is 0 Å². The van der Waals surface area contributed by atoms with Crippen LogP contribution in [-0.4, -0.2) is 37.6 Å². The van der Waals surface area contributed by atoms with Gasteiger partial charge in [-0.2, -0.15) is 14.6 Å². The van der Waals surface area contributed by atoms with Crippen molar-refractivity contribution in [3.63, 3.8) is 0 Å². The van der Waals surface area contributed by atoms with Crippen LogP contribution in [0.25, 0.3) is 27.8 Å². The topological polar surface area (TPSA) is 63.4 Å². The van der Waals surface area contributed by atoms with Crippen molar-refractivity contribution in [3.05, 3.63) is 70.3 Å². The second-order valence-electron chi connectivity index (χ2n) is 9.01. The Morgan fingerprint density at radius 1 is 0.906 bits per heavy atom. The number of benzene rings is 2. The molecule has 1 saturated heterocycles. The second-order valence-corrected chi connectivity index (χ2v) is 9.01. The molecule has 0 atom stereocenters. The SMILES string of the molecule is CC(C)c1ccc(-c2nn3c(CN4CCCCCC4)nc4ccccc4c3nc2=O)cc1. The number of hydrogen-bond donors (Lipinski definition) is 0. The highest BCUT2D eigenvalue weighted by Crippen LogP contribution is 2.22. The molecule has 6 heteroatoms. The molecule has 4 aromatic rings. The van der Waals surface area contributed by atoms with E-state index in [1.54, 1.807) is 4.52 Å². The molecule has 164 valence electrons. The Hall–Kier alpha value is -3.12. The highest BCUT2D eigenvalue weighted by atomic mass is 16.1. The first kappa shape index (κ1) is 20.8. The highest BCUT2D eigenvalue weighted by molar-refractivity contribution is 5.91. The zero-order chi connectivity index (χ0) is 22.1. The van der Waals surface area contributed by atoms with Gasteiger partial charge in [-0.15, -0.1) is 0 Å². The van der Waals surface area contributed by atoms with E-state index in [0.717, 1.165) is 35.4 Å². The van der Waals surface area contributed by atoms with Gasteiger partial charge in [0.1, 0.15) is 5.82 Å². The molecule has 0 aliphatic carbocycles. The van der Waals surface area contributed by atoms with Crippen molar-refractivity contribution in [2.45, 2.75) is 52.0 Å². The molecule has 0 N–H and O–H groups in total. The van der Waals surface area contributed by atoms with Crippen LogP contribution in [0.2, 0.25) is 0 Å². The molecule has 0 bridgehead atoms. The van der Waals surface area contributed by atoms with Crippen molar-refractivity contribution in [1.82, 2.24) is 24.5 Å². The first-order valence-electron chi connectivity index (χ1n) is 11.6. The quantitative estimate of drug-likeness (QED) is 0.438. The predicted octanol–water partition coefficient (Wildman–Crippen LogP) is 4.80. The molecule has 0 amide bonds. The Labute approximate surface area is 187 Å². The fourth-order valence-corrected chi connectivity index (χ4v) is 4.49. The maximum Gasteiger partial charge on any atom is 0.300 e. The summed E-state index contributed by atoms with van der Waals surface area (Å²) in [5, 5.41) is 5.66. The van der Waals surface area contributed by atoms with Gasteiger partial charge in [-0.25, -0.2) is 4.98 Å². The molecule has 32 heavy (non-hydrogen) atoms. The third kappa shape index (κ3) is 4.02. The minimum absolute atomic E-state index is 0.306. The van der Waals surface area contributed by atoms with Crippen LogP contribution in [0.3, 0.4) is 0 Å². The zero-order valence-corrected chi connectivity index (χ0v) is 18.8. The molecule has 1 fully saturated rings. The summed E-state index contributed by atoms with van der Waals surface area (Å²) in [5.41, 5.74) is 3.51. The van der Waals surface area contributed by atoms with E-state index in [-0.39, 0.29) is 5.56 Å². The van der Waals surface area contributed by atoms with Gasteiger partial charge in [0, 0.05) is 10.9 Å². The van der Waals surface area contributed by atoms with Gasteiger partial charge in [-0.1, -0.05) is 63.1 Å². The molecular weight excluding hydrogens is 398 g/mol. The average Bonchev–Trinajstić information content (AvgIpc) is 3.07. The van der Waals surface area contributed by atoms with Crippen molar-refractivity contribution in [2.75, 3.05) is 13.1 Å². The minimum Gasteiger partial charge on any atom is -0.296 e. The van der Waals surface area contributed by atoms with Crippen LogP contribution in [0.5, 0.6) is 0 Å². The zero-order valence-electron chi connectivity index (χ0n) is 18.8. The maximum absolute atomic E-state index is 13.0. The number of aromatic nitrogens is 4. The summed E-state index contributed by atoms with van der Waals surface area (Å²) in [4.78, 5) is 24.9. The van der Waals surface area contributed by atoms with Crippen LogP contribution in [0.4, 0.5) is 0 Å². The average molecular weight is 428 g/mol. The molecule has 0 unspecified atom stereocenters. The summed E-state index contributed by atoms with van der Waals surface area (Å²) in [6, 6.07) is 15.9. The molecule has 6 nitrogen and oxygen atoms in total. The fourth-order valence-electron chi connectivity index (χ4n) is 4.49.